The van der Waals surface area contributed by atoms with Gasteiger partial charge in [-0.3, -0.25) is 11.3 Å². The first-order valence-electron chi connectivity index (χ1n) is 5.96. The second kappa shape index (κ2) is 6.19. The van der Waals surface area contributed by atoms with Gasteiger partial charge in [-0.25, -0.2) is 22.0 Å². The van der Waals surface area contributed by atoms with Crippen LogP contribution in [0, 0.1) is 29.1 Å². The lowest BCUT2D eigenvalue weighted by Gasteiger charge is -2.17. The van der Waals surface area contributed by atoms with E-state index in [9.17, 15) is 22.0 Å². The normalized spacial score (nSPS) is 12.5. The Morgan fingerprint density at radius 2 is 1.38 bits per heavy atom. The van der Waals surface area contributed by atoms with Crippen molar-refractivity contribution in [1.29, 1.82) is 0 Å². The summed E-state index contributed by atoms with van der Waals surface area (Å²) in [6, 6.07) is 3.56. The molecule has 1 unspecified atom stereocenters. The first-order valence-corrected chi connectivity index (χ1v) is 5.96. The highest BCUT2D eigenvalue weighted by Crippen LogP contribution is 2.23. The number of hydrogen-bond donors (Lipinski definition) is 2. The SMILES string of the molecule is NNC(Cc1cc(F)cc(F)c1)c1cc(F)c(F)c(F)c1. The van der Waals surface area contributed by atoms with Crippen molar-refractivity contribution in [2.75, 3.05) is 0 Å². The summed E-state index contributed by atoms with van der Waals surface area (Å²) >= 11 is 0. The van der Waals surface area contributed by atoms with Crippen molar-refractivity contribution in [3.63, 3.8) is 0 Å². The second-order valence-electron chi connectivity index (χ2n) is 4.50. The molecule has 0 saturated heterocycles. The number of benzene rings is 2. The molecule has 2 rings (SSSR count). The van der Waals surface area contributed by atoms with Crippen molar-refractivity contribution in [1.82, 2.24) is 5.43 Å². The van der Waals surface area contributed by atoms with Crippen LogP contribution in [0.4, 0.5) is 22.0 Å². The molecule has 7 heteroatoms. The van der Waals surface area contributed by atoms with Crippen LogP contribution in [0.5, 0.6) is 0 Å². The summed E-state index contributed by atoms with van der Waals surface area (Å²) in [6.45, 7) is 0. The Balaban J connectivity index is 2.31. The molecular weight excluding hydrogens is 291 g/mol. The molecule has 0 radical (unpaired) electrons. The molecule has 0 aromatic heterocycles. The fourth-order valence-electron chi connectivity index (χ4n) is 2.01. The van der Waals surface area contributed by atoms with Crippen LogP contribution in [-0.2, 0) is 6.42 Å². The van der Waals surface area contributed by atoms with Gasteiger partial charge in [0, 0.05) is 6.07 Å². The lowest BCUT2D eigenvalue weighted by Crippen LogP contribution is -2.30. The molecule has 0 aliphatic heterocycles. The minimum absolute atomic E-state index is 0.0265. The third kappa shape index (κ3) is 3.56. The average Bonchev–Trinajstić information content (AvgIpc) is 2.40. The lowest BCUT2D eigenvalue weighted by molar-refractivity contribution is 0.439. The number of nitrogens with one attached hydrogen (secondary N) is 1. The van der Waals surface area contributed by atoms with Gasteiger partial charge in [-0.2, -0.15) is 0 Å². The maximum absolute atomic E-state index is 13.2. The third-order valence-electron chi connectivity index (χ3n) is 2.97. The fourth-order valence-corrected chi connectivity index (χ4v) is 2.01. The monoisotopic (exact) mass is 302 g/mol. The predicted molar refractivity (Wildman–Crippen MR) is 66.4 cm³/mol. The van der Waals surface area contributed by atoms with E-state index in [0.717, 1.165) is 24.3 Å². The summed E-state index contributed by atoms with van der Waals surface area (Å²) in [4.78, 5) is 0. The zero-order chi connectivity index (χ0) is 15.6. The van der Waals surface area contributed by atoms with Gasteiger partial charge < -0.3 is 0 Å². The van der Waals surface area contributed by atoms with Crippen molar-refractivity contribution in [3.8, 4) is 0 Å². The van der Waals surface area contributed by atoms with E-state index in [2.05, 4.69) is 5.43 Å². The number of nitrogens with two attached hydrogens (primary N) is 1. The molecule has 112 valence electrons. The molecule has 0 fully saturated rings. The standard InChI is InChI=1S/C14H11F5N2/c15-9-1-7(2-10(16)6-9)3-13(21-20)8-4-11(17)14(19)12(18)5-8/h1-2,4-6,13,21H,3,20H2. The highest BCUT2D eigenvalue weighted by Gasteiger charge is 2.17. The van der Waals surface area contributed by atoms with E-state index in [0.29, 0.717) is 6.07 Å². The van der Waals surface area contributed by atoms with E-state index >= 15 is 0 Å². The molecule has 0 spiro atoms. The van der Waals surface area contributed by atoms with Gasteiger partial charge in [0.1, 0.15) is 11.6 Å². The van der Waals surface area contributed by atoms with Crippen molar-refractivity contribution in [2.24, 2.45) is 5.84 Å². The highest BCUT2D eigenvalue weighted by molar-refractivity contribution is 5.26. The van der Waals surface area contributed by atoms with Gasteiger partial charge in [0.15, 0.2) is 17.5 Å². The molecule has 0 amide bonds. The minimum atomic E-state index is -1.59. The Kier molecular flexibility index (Phi) is 4.54. The molecule has 1 atom stereocenters. The largest absolute Gasteiger partial charge is 0.271 e. The predicted octanol–water partition coefficient (Wildman–Crippen LogP) is 3.13. The van der Waals surface area contributed by atoms with Crippen LogP contribution < -0.4 is 11.3 Å². The summed E-state index contributed by atoms with van der Waals surface area (Å²) < 4.78 is 65.5. The first-order chi connectivity index (χ1) is 9.90. The molecule has 2 nitrogen and oxygen atoms in total. The van der Waals surface area contributed by atoms with Crippen molar-refractivity contribution < 1.29 is 22.0 Å². The van der Waals surface area contributed by atoms with Crippen LogP contribution in [0.25, 0.3) is 0 Å². The molecule has 0 saturated carbocycles. The first kappa shape index (κ1) is 15.4. The van der Waals surface area contributed by atoms with E-state index in [4.69, 9.17) is 5.84 Å². The van der Waals surface area contributed by atoms with Gasteiger partial charge in [0.25, 0.3) is 0 Å². The Bertz CT molecular complexity index is 617. The molecule has 2 aromatic rings. The molecule has 0 aliphatic carbocycles. The van der Waals surface area contributed by atoms with E-state index < -0.39 is 35.1 Å². The number of halogens is 5. The number of hydrazine groups is 1. The van der Waals surface area contributed by atoms with Crippen LogP contribution >= 0.6 is 0 Å². The zero-order valence-electron chi connectivity index (χ0n) is 10.6. The molecule has 0 aliphatic rings. The molecule has 0 bridgehead atoms. The molecule has 2 aromatic carbocycles. The smallest absolute Gasteiger partial charge is 0.194 e. The van der Waals surface area contributed by atoms with Crippen LogP contribution in [0.15, 0.2) is 30.3 Å². The van der Waals surface area contributed by atoms with E-state index in [1.54, 1.807) is 0 Å². The second-order valence-corrected chi connectivity index (χ2v) is 4.50. The fraction of sp³-hybridized carbons (Fsp3) is 0.143. The van der Waals surface area contributed by atoms with E-state index in [-0.39, 0.29) is 17.5 Å². The number of rotatable bonds is 4. The summed E-state index contributed by atoms with van der Waals surface area (Å²) in [6.07, 6.45) is -0.0321. The van der Waals surface area contributed by atoms with Crippen LogP contribution in [0.3, 0.4) is 0 Å². The Morgan fingerprint density at radius 1 is 0.857 bits per heavy atom. The summed E-state index contributed by atoms with van der Waals surface area (Å²) in [5.41, 5.74) is 2.54. The highest BCUT2D eigenvalue weighted by atomic mass is 19.2. The van der Waals surface area contributed by atoms with Crippen molar-refractivity contribution in [2.45, 2.75) is 12.5 Å². The Morgan fingerprint density at radius 3 is 1.86 bits per heavy atom. The van der Waals surface area contributed by atoms with Crippen LogP contribution in [-0.4, -0.2) is 0 Å². The summed E-state index contributed by atoms with van der Waals surface area (Å²) in [5, 5.41) is 0. The van der Waals surface area contributed by atoms with E-state index in [1.165, 1.54) is 0 Å². The quantitative estimate of drug-likeness (QED) is 0.394. The number of hydrogen-bond acceptors (Lipinski definition) is 2. The van der Waals surface area contributed by atoms with Gasteiger partial charge >= 0.3 is 0 Å². The van der Waals surface area contributed by atoms with Crippen molar-refractivity contribution >= 4 is 0 Å². The van der Waals surface area contributed by atoms with Gasteiger partial charge in [0.05, 0.1) is 6.04 Å². The lowest BCUT2D eigenvalue weighted by atomic mass is 9.99. The van der Waals surface area contributed by atoms with E-state index in [1.807, 2.05) is 0 Å². The minimum Gasteiger partial charge on any atom is -0.271 e. The third-order valence-corrected chi connectivity index (χ3v) is 2.97. The maximum Gasteiger partial charge on any atom is 0.194 e. The summed E-state index contributed by atoms with van der Waals surface area (Å²) in [7, 11) is 0. The van der Waals surface area contributed by atoms with Gasteiger partial charge in [-0.05, 0) is 41.8 Å². The molecular formula is C14H11F5N2. The van der Waals surface area contributed by atoms with Crippen LogP contribution in [0.1, 0.15) is 17.2 Å². The molecule has 3 N–H and O–H groups in total. The average molecular weight is 302 g/mol. The Labute approximate surface area is 117 Å². The van der Waals surface area contributed by atoms with Crippen molar-refractivity contribution in [3.05, 3.63) is 70.5 Å². The topological polar surface area (TPSA) is 38.0 Å². The zero-order valence-corrected chi connectivity index (χ0v) is 10.6. The van der Waals surface area contributed by atoms with Gasteiger partial charge in [0.2, 0.25) is 0 Å². The van der Waals surface area contributed by atoms with Crippen LogP contribution in [0.2, 0.25) is 0 Å². The molecule has 0 heterocycles. The molecule has 21 heavy (non-hydrogen) atoms. The summed E-state index contributed by atoms with van der Waals surface area (Å²) in [5.74, 6) is -0.591. The maximum atomic E-state index is 13.2. The Hall–Kier alpha value is -1.99. The van der Waals surface area contributed by atoms with Gasteiger partial charge in [-0.15, -0.1) is 0 Å². The van der Waals surface area contributed by atoms with Gasteiger partial charge in [-0.1, -0.05) is 0 Å².